The van der Waals surface area contributed by atoms with Gasteiger partial charge in [0, 0.05) is 0 Å². The standard InChI is InChI=1S/C15H12Cl3NO2/c1-9-5-6-13(12(18)7-9)19-14(20)8-21-15-10(16)3-2-4-11(15)17/h2-7H,8H2,1H3,(H,19,20). The molecule has 21 heavy (non-hydrogen) atoms. The van der Waals surface area contributed by atoms with E-state index in [4.69, 9.17) is 39.5 Å². The SMILES string of the molecule is Cc1ccc(NC(=O)COc2c(Cl)cccc2Cl)c(Cl)c1. The summed E-state index contributed by atoms with van der Waals surface area (Å²) in [7, 11) is 0. The predicted octanol–water partition coefficient (Wildman–Crippen LogP) is 4.97. The van der Waals surface area contributed by atoms with Gasteiger partial charge in [0.05, 0.1) is 20.8 Å². The number of amides is 1. The van der Waals surface area contributed by atoms with E-state index in [0.29, 0.717) is 20.8 Å². The molecule has 0 unspecified atom stereocenters. The van der Waals surface area contributed by atoms with Crippen molar-refractivity contribution in [1.29, 1.82) is 0 Å². The minimum Gasteiger partial charge on any atom is -0.481 e. The van der Waals surface area contributed by atoms with Crippen molar-refractivity contribution in [2.75, 3.05) is 11.9 Å². The Hall–Kier alpha value is -1.42. The van der Waals surface area contributed by atoms with Crippen LogP contribution in [0.4, 0.5) is 5.69 Å². The molecule has 2 aromatic rings. The van der Waals surface area contributed by atoms with Gasteiger partial charge in [-0.05, 0) is 36.8 Å². The lowest BCUT2D eigenvalue weighted by atomic mass is 10.2. The second kappa shape index (κ2) is 7.03. The fraction of sp³-hybridized carbons (Fsp3) is 0.133. The molecule has 0 spiro atoms. The lowest BCUT2D eigenvalue weighted by Gasteiger charge is -2.11. The number of para-hydroxylation sites is 1. The first-order chi connectivity index (χ1) is 9.97. The van der Waals surface area contributed by atoms with E-state index >= 15 is 0 Å². The average Bonchev–Trinajstić information content (AvgIpc) is 2.41. The predicted molar refractivity (Wildman–Crippen MR) is 86.8 cm³/mol. The Kier molecular flexibility index (Phi) is 5.34. The van der Waals surface area contributed by atoms with Crippen LogP contribution in [0.25, 0.3) is 0 Å². The van der Waals surface area contributed by atoms with Crippen molar-refractivity contribution >= 4 is 46.4 Å². The van der Waals surface area contributed by atoms with Crippen LogP contribution in [-0.4, -0.2) is 12.5 Å². The van der Waals surface area contributed by atoms with Crippen LogP contribution < -0.4 is 10.1 Å². The van der Waals surface area contributed by atoms with Gasteiger partial charge >= 0.3 is 0 Å². The van der Waals surface area contributed by atoms with E-state index in [1.54, 1.807) is 30.3 Å². The molecule has 0 atom stereocenters. The Morgan fingerprint density at radius 2 is 1.76 bits per heavy atom. The number of benzene rings is 2. The highest BCUT2D eigenvalue weighted by Crippen LogP contribution is 2.32. The van der Waals surface area contributed by atoms with Gasteiger partial charge in [0.15, 0.2) is 12.4 Å². The summed E-state index contributed by atoms with van der Waals surface area (Å²) in [6, 6.07) is 10.3. The van der Waals surface area contributed by atoms with Gasteiger partial charge in [-0.15, -0.1) is 0 Å². The normalized spacial score (nSPS) is 10.3. The molecule has 0 saturated heterocycles. The van der Waals surface area contributed by atoms with Crippen LogP contribution in [0.2, 0.25) is 15.1 Å². The topological polar surface area (TPSA) is 38.3 Å². The molecule has 2 aromatic carbocycles. The van der Waals surface area contributed by atoms with Crippen molar-refractivity contribution in [2.24, 2.45) is 0 Å². The number of nitrogens with one attached hydrogen (secondary N) is 1. The number of halogens is 3. The summed E-state index contributed by atoms with van der Waals surface area (Å²) >= 11 is 18.0. The van der Waals surface area contributed by atoms with Gasteiger partial charge in [-0.3, -0.25) is 4.79 Å². The van der Waals surface area contributed by atoms with Gasteiger partial charge in [-0.2, -0.15) is 0 Å². The van der Waals surface area contributed by atoms with Gasteiger partial charge < -0.3 is 10.1 Å². The molecule has 0 bridgehead atoms. The Morgan fingerprint density at radius 1 is 1.10 bits per heavy atom. The molecule has 0 heterocycles. The van der Waals surface area contributed by atoms with E-state index in [9.17, 15) is 4.79 Å². The highest BCUT2D eigenvalue weighted by molar-refractivity contribution is 6.37. The number of hydrogen-bond acceptors (Lipinski definition) is 2. The molecular weight excluding hydrogens is 333 g/mol. The van der Waals surface area contributed by atoms with Gasteiger partial charge in [0.2, 0.25) is 0 Å². The lowest BCUT2D eigenvalue weighted by Crippen LogP contribution is -2.20. The molecule has 110 valence electrons. The first kappa shape index (κ1) is 16.0. The highest BCUT2D eigenvalue weighted by atomic mass is 35.5. The van der Waals surface area contributed by atoms with E-state index in [-0.39, 0.29) is 18.3 Å². The summed E-state index contributed by atoms with van der Waals surface area (Å²) in [5.74, 6) is -0.0669. The van der Waals surface area contributed by atoms with Crippen molar-refractivity contribution in [3.8, 4) is 5.75 Å². The first-order valence-corrected chi connectivity index (χ1v) is 7.23. The molecule has 3 nitrogen and oxygen atoms in total. The van der Waals surface area contributed by atoms with Gasteiger partial charge in [-0.1, -0.05) is 46.9 Å². The maximum absolute atomic E-state index is 11.9. The van der Waals surface area contributed by atoms with Crippen molar-refractivity contribution < 1.29 is 9.53 Å². The number of carbonyl (C=O) groups excluding carboxylic acids is 1. The number of anilines is 1. The van der Waals surface area contributed by atoms with Crippen LogP contribution in [0, 0.1) is 6.92 Å². The van der Waals surface area contributed by atoms with Crippen LogP contribution in [0.15, 0.2) is 36.4 Å². The Morgan fingerprint density at radius 3 is 2.38 bits per heavy atom. The molecule has 0 saturated carbocycles. The molecule has 1 amide bonds. The lowest BCUT2D eigenvalue weighted by molar-refractivity contribution is -0.118. The largest absolute Gasteiger partial charge is 0.481 e. The van der Waals surface area contributed by atoms with Crippen LogP contribution in [0.3, 0.4) is 0 Å². The third-order valence-corrected chi connectivity index (χ3v) is 3.57. The summed E-state index contributed by atoms with van der Waals surface area (Å²) in [5, 5.41) is 3.84. The van der Waals surface area contributed by atoms with Gasteiger partial charge in [0.25, 0.3) is 5.91 Å². The molecule has 0 aromatic heterocycles. The van der Waals surface area contributed by atoms with E-state index in [1.807, 2.05) is 13.0 Å². The van der Waals surface area contributed by atoms with Crippen LogP contribution in [0.5, 0.6) is 5.75 Å². The molecule has 2 rings (SSSR count). The summed E-state index contributed by atoms with van der Waals surface area (Å²) in [6.45, 7) is 1.70. The second-order valence-electron chi connectivity index (χ2n) is 4.37. The molecule has 1 N–H and O–H groups in total. The molecule has 0 aliphatic rings. The van der Waals surface area contributed by atoms with E-state index in [1.165, 1.54) is 0 Å². The number of carbonyl (C=O) groups is 1. The number of aryl methyl sites for hydroxylation is 1. The monoisotopic (exact) mass is 343 g/mol. The minimum atomic E-state index is -0.350. The first-order valence-electron chi connectivity index (χ1n) is 6.10. The number of rotatable bonds is 4. The molecule has 0 radical (unpaired) electrons. The third kappa shape index (κ3) is 4.27. The van der Waals surface area contributed by atoms with Crippen molar-refractivity contribution in [3.05, 3.63) is 57.0 Å². The van der Waals surface area contributed by atoms with Crippen molar-refractivity contribution in [2.45, 2.75) is 6.92 Å². The molecule has 0 aliphatic carbocycles. The smallest absolute Gasteiger partial charge is 0.262 e. The van der Waals surface area contributed by atoms with E-state index in [0.717, 1.165) is 5.56 Å². The van der Waals surface area contributed by atoms with E-state index < -0.39 is 0 Å². The molecule has 6 heteroatoms. The minimum absolute atomic E-state index is 0.215. The Labute approximate surface area is 137 Å². The zero-order valence-corrected chi connectivity index (χ0v) is 13.4. The summed E-state index contributed by atoms with van der Waals surface area (Å²) in [4.78, 5) is 11.9. The third-order valence-electron chi connectivity index (χ3n) is 2.67. The molecular formula is C15H12Cl3NO2. The van der Waals surface area contributed by atoms with Crippen LogP contribution in [-0.2, 0) is 4.79 Å². The maximum Gasteiger partial charge on any atom is 0.262 e. The second-order valence-corrected chi connectivity index (χ2v) is 5.59. The van der Waals surface area contributed by atoms with Crippen LogP contribution in [0.1, 0.15) is 5.56 Å². The average molecular weight is 345 g/mol. The molecule has 0 fully saturated rings. The molecule has 0 aliphatic heterocycles. The zero-order chi connectivity index (χ0) is 15.4. The number of hydrogen-bond donors (Lipinski definition) is 1. The Bertz CT molecular complexity index is 654. The summed E-state index contributed by atoms with van der Waals surface area (Å²) < 4.78 is 5.35. The quantitative estimate of drug-likeness (QED) is 0.850. The summed E-state index contributed by atoms with van der Waals surface area (Å²) in [6.07, 6.45) is 0. The van der Waals surface area contributed by atoms with Gasteiger partial charge in [-0.25, -0.2) is 0 Å². The van der Waals surface area contributed by atoms with E-state index in [2.05, 4.69) is 5.32 Å². The summed E-state index contributed by atoms with van der Waals surface area (Å²) in [5.41, 5.74) is 1.54. The maximum atomic E-state index is 11.9. The van der Waals surface area contributed by atoms with Crippen molar-refractivity contribution in [3.63, 3.8) is 0 Å². The number of ether oxygens (including phenoxy) is 1. The van der Waals surface area contributed by atoms with Crippen molar-refractivity contribution in [1.82, 2.24) is 0 Å². The van der Waals surface area contributed by atoms with Crippen LogP contribution >= 0.6 is 34.8 Å². The fourth-order valence-electron chi connectivity index (χ4n) is 1.67. The fourth-order valence-corrected chi connectivity index (χ4v) is 2.45. The Balaban J connectivity index is 1.99. The van der Waals surface area contributed by atoms with Gasteiger partial charge in [0.1, 0.15) is 0 Å². The zero-order valence-electron chi connectivity index (χ0n) is 11.1. The highest BCUT2D eigenvalue weighted by Gasteiger charge is 2.11.